The van der Waals surface area contributed by atoms with Crippen LogP contribution in [0.5, 0.6) is 11.5 Å². The molecular formula is C16H21N3O2. The monoisotopic (exact) mass is 287 g/mol. The molecule has 1 fully saturated rings. The van der Waals surface area contributed by atoms with E-state index in [-0.39, 0.29) is 0 Å². The SMILES string of the molecule is COc1ccc(-c2nn(C(C)C3CC3)cc2N)c(OC)c1. The van der Waals surface area contributed by atoms with Crippen molar-refractivity contribution in [3.8, 4) is 22.8 Å². The van der Waals surface area contributed by atoms with Gasteiger partial charge in [0.25, 0.3) is 0 Å². The molecule has 21 heavy (non-hydrogen) atoms. The predicted molar refractivity (Wildman–Crippen MR) is 82.6 cm³/mol. The van der Waals surface area contributed by atoms with E-state index >= 15 is 0 Å². The molecule has 0 radical (unpaired) electrons. The lowest BCUT2D eigenvalue weighted by atomic mass is 10.1. The van der Waals surface area contributed by atoms with Crippen molar-refractivity contribution < 1.29 is 9.47 Å². The van der Waals surface area contributed by atoms with Gasteiger partial charge in [-0.05, 0) is 37.8 Å². The van der Waals surface area contributed by atoms with Crippen molar-refractivity contribution in [3.63, 3.8) is 0 Å². The molecule has 0 amide bonds. The fourth-order valence-corrected chi connectivity index (χ4v) is 2.61. The lowest BCUT2D eigenvalue weighted by Crippen LogP contribution is -2.07. The highest BCUT2D eigenvalue weighted by atomic mass is 16.5. The van der Waals surface area contributed by atoms with Crippen LogP contribution in [0.15, 0.2) is 24.4 Å². The summed E-state index contributed by atoms with van der Waals surface area (Å²) in [6, 6.07) is 6.06. The molecule has 2 aromatic rings. The van der Waals surface area contributed by atoms with Crippen LogP contribution in [0, 0.1) is 5.92 Å². The Morgan fingerprint density at radius 3 is 2.67 bits per heavy atom. The van der Waals surface area contributed by atoms with Crippen LogP contribution in [0.4, 0.5) is 5.69 Å². The molecule has 1 aromatic carbocycles. The summed E-state index contributed by atoms with van der Waals surface area (Å²) in [5.74, 6) is 2.19. The molecule has 1 atom stereocenters. The molecular weight excluding hydrogens is 266 g/mol. The van der Waals surface area contributed by atoms with E-state index in [1.165, 1.54) is 12.8 Å². The van der Waals surface area contributed by atoms with Gasteiger partial charge in [-0.1, -0.05) is 0 Å². The third kappa shape index (κ3) is 2.55. The quantitative estimate of drug-likeness (QED) is 0.917. The fraction of sp³-hybridized carbons (Fsp3) is 0.438. The summed E-state index contributed by atoms with van der Waals surface area (Å²) in [5.41, 5.74) is 8.48. The largest absolute Gasteiger partial charge is 0.497 e. The molecule has 2 N–H and O–H groups in total. The number of nitrogens with zero attached hydrogens (tertiary/aromatic N) is 2. The summed E-state index contributed by atoms with van der Waals surface area (Å²) in [6.07, 6.45) is 4.48. The number of hydrogen-bond donors (Lipinski definition) is 1. The number of rotatable bonds is 5. The third-order valence-corrected chi connectivity index (χ3v) is 4.15. The Labute approximate surface area is 124 Å². The highest BCUT2D eigenvalue weighted by Crippen LogP contribution is 2.41. The molecule has 1 aliphatic rings. The lowest BCUT2D eigenvalue weighted by molar-refractivity contribution is 0.395. The van der Waals surface area contributed by atoms with Gasteiger partial charge in [-0.25, -0.2) is 0 Å². The van der Waals surface area contributed by atoms with Gasteiger partial charge in [0.2, 0.25) is 0 Å². The number of aromatic nitrogens is 2. The van der Waals surface area contributed by atoms with Crippen molar-refractivity contribution in [1.29, 1.82) is 0 Å². The van der Waals surface area contributed by atoms with Gasteiger partial charge in [0.1, 0.15) is 17.2 Å². The Morgan fingerprint density at radius 2 is 2.05 bits per heavy atom. The number of hydrogen-bond acceptors (Lipinski definition) is 4. The second kappa shape index (κ2) is 5.31. The predicted octanol–water partition coefficient (Wildman–Crippen LogP) is 3.12. The van der Waals surface area contributed by atoms with Gasteiger partial charge >= 0.3 is 0 Å². The topological polar surface area (TPSA) is 62.3 Å². The first kappa shape index (κ1) is 13.8. The maximum absolute atomic E-state index is 6.16. The summed E-state index contributed by atoms with van der Waals surface area (Å²) < 4.78 is 12.6. The van der Waals surface area contributed by atoms with E-state index in [1.807, 2.05) is 29.1 Å². The Balaban J connectivity index is 1.99. The lowest BCUT2D eigenvalue weighted by Gasteiger charge is -2.11. The summed E-state index contributed by atoms with van der Waals surface area (Å²) in [4.78, 5) is 0. The first-order chi connectivity index (χ1) is 10.1. The van der Waals surface area contributed by atoms with Crippen LogP contribution in [-0.4, -0.2) is 24.0 Å². The molecule has 1 aromatic heterocycles. The summed E-state index contributed by atoms with van der Waals surface area (Å²) >= 11 is 0. The zero-order valence-electron chi connectivity index (χ0n) is 12.7. The van der Waals surface area contributed by atoms with Gasteiger partial charge in [-0.3, -0.25) is 4.68 Å². The van der Waals surface area contributed by atoms with Crippen LogP contribution in [0.2, 0.25) is 0 Å². The molecule has 5 heteroatoms. The highest BCUT2D eigenvalue weighted by molar-refractivity contribution is 5.77. The van der Waals surface area contributed by atoms with E-state index < -0.39 is 0 Å². The van der Waals surface area contributed by atoms with Crippen LogP contribution in [0.3, 0.4) is 0 Å². The molecule has 1 aliphatic carbocycles. The molecule has 1 heterocycles. The molecule has 1 unspecified atom stereocenters. The normalized spacial score (nSPS) is 15.8. The van der Waals surface area contributed by atoms with E-state index in [0.717, 1.165) is 22.9 Å². The number of anilines is 1. The molecule has 0 spiro atoms. The molecule has 0 bridgehead atoms. The summed E-state index contributed by atoms with van der Waals surface area (Å²) in [5, 5.41) is 4.68. The molecule has 3 rings (SSSR count). The van der Waals surface area contributed by atoms with Crippen LogP contribution < -0.4 is 15.2 Å². The molecule has 5 nitrogen and oxygen atoms in total. The molecule has 0 saturated heterocycles. The van der Waals surface area contributed by atoms with Crippen LogP contribution in [0.1, 0.15) is 25.8 Å². The van der Waals surface area contributed by atoms with Crippen molar-refractivity contribution in [1.82, 2.24) is 9.78 Å². The van der Waals surface area contributed by atoms with Gasteiger partial charge in [0.05, 0.1) is 25.9 Å². The smallest absolute Gasteiger partial charge is 0.132 e. The van der Waals surface area contributed by atoms with Crippen LogP contribution in [-0.2, 0) is 0 Å². The van der Waals surface area contributed by atoms with E-state index in [0.29, 0.717) is 17.5 Å². The van der Waals surface area contributed by atoms with Crippen molar-refractivity contribution in [3.05, 3.63) is 24.4 Å². The Morgan fingerprint density at radius 1 is 1.29 bits per heavy atom. The summed E-state index contributed by atoms with van der Waals surface area (Å²) in [7, 11) is 3.27. The average Bonchev–Trinajstić information content (AvgIpc) is 3.28. The minimum Gasteiger partial charge on any atom is -0.497 e. The zero-order chi connectivity index (χ0) is 15.0. The van der Waals surface area contributed by atoms with Gasteiger partial charge in [-0.2, -0.15) is 5.10 Å². The average molecular weight is 287 g/mol. The van der Waals surface area contributed by atoms with E-state index in [9.17, 15) is 0 Å². The van der Waals surface area contributed by atoms with Gasteiger partial charge in [-0.15, -0.1) is 0 Å². The maximum Gasteiger partial charge on any atom is 0.132 e. The van der Waals surface area contributed by atoms with Gasteiger partial charge < -0.3 is 15.2 Å². The number of methoxy groups -OCH3 is 2. The van der Waals surface area contributed by atoms with Gasteiger partial charge in [0, 0.05) is 17.8 Å². The van der Waals surface area contributed by atoms with E-state index in [1.54, 1.807) is 14.2 Å². The number of ether oxygens (including phenoxy) is 2. The minimum absolute atomic E-state index is 0.394. The number of nitrogen functional groups attached to an aromatic ring is 1. The standard InChI is InChI=1S/C16H21N3O2/c1-10(11-4-5-11)19-9-14(17)16(18-19)13-7-6-12(20-2)8-15(13)21-3/h6-11H,4-5,17H2,1-3H3. The van der Waals surface area contributed by atoms with Crippen molar-refractivity contribution >= 4 is 5.69 Å². The van der Waals surface area contributed by atoms with Crippen molar-refractivity contribution in [2.45, 2.75) is 25.8 Å². The second-order valence-corrected chi connectivity index (χ2v) is 5.56. The third-order valence-electron chi connectivity index (χ3n) is 4.15. The Kier molecular flexibility index (Phi) is 3.49. The minimum atomic E-state index is 0.394. The van der Waals surface area contributed by atoms with Crippen molar-refractivity contribution in [2.75, 3.05) is 20.0 Å². The fourth-order valence-electron chi connectivity index (χ4n) is 2.61. The van der Waals surface area contributed by atoms with Crippen LogP contribution in [0.25, 0.3) is 11.3 Å². The Hall–Kier alpha value is -2.17. The number of benzene rings is 1. The summed E-state index contributed by atoms with van der Waals surface area (Å²) in [6.45, 7) is 2.19. The van der Waals surface area contributed by atoms with Gasteiger partial charge in [0.15, 0.2) is 0 Å². The zero-order valence-corrected chi connectivity index (χ0v) is 12.7. The van der Waals surface area contributed by atoms with E-state index in [2.05, 4.69) is 12.0 Å². The Bertz CT molecular complexity index is 647. The first-order valence-electron chi connectivity index (χ1n) is 7.21. The molecule has 112 valence electrons. The molecule has 0 aliphatic heterocycles. The van der Waals surface area contributed by atoms with Crippen molar-refractivity contribution in [2.24, 2.45) is 5.92 Å². The highest BCUT2D eigenvalue weighted by Gasteiger charge is 2.30. The van der Waals surface area contributed by atoms with Crippen LogP contribution >= 0.6 is 0 Å². The maximum atomic E-state index is 6.16. The number of nitrogens with two attached hydrogens (primary N) is 1. The second-order valence-electron chi connectivity index (χ2n) is 5.56. The first-order valence-corrected chi connectivity index (χ1v) is 7.21. The molecule has 1 saturated carbocycles. The van der Waals surface area contributed by atoms with E-state index in [4.69, 9.17) is 15.2 Å².